The second-order valence-corrected chi connectivity index (χ2v) is 5.64. The topological polar surface area (TPSA) is 66.0 Å². The Bertz CT molecular complexity index is 607. The summed E-state index contributed by atoms with van der Waals surface area (Å²) in [6, 6.07) is 8.28. The maximum atomic E-state index is 6.67. The van der Waals surface area contributed by atoms with Gasteiger partial charge in [-0.1, -0.05) is 18.2 Å². The molecule has 20 heavy (non-hydrogen) atoms. The molecule has 5 heteroatoms. The molecule has 1 aliphatic rings. The van der Waals surface area contributed by atoms with Crippen LogP contribution in [0.3, 0.4) is 0 Å². The van der Waals surface area contributed by atoms with Gasteiger partial charge in [-0.25, -0.2) is 9.67 Å². The van der Waals surface area contributed by atoms with Gasteiger partial charge in [0.1, 0.15) is 17.9 Å². The first kappa shape index (κ1) is 13.1. The van der Waals surface area contributed by atoms with Crippen molar-refractivity contribution in [2.24, 2.45) is 5.73 Å². The summed E-state index contributed by atoms with van der Waals surface area (Å²) in [7, 11) is 0. The number of benzene rings is 1. The number of ether oxygens (including phenoxy) is 1. The van der Waals surface area contributed by atoms with E-state index in [4.69, 9.17) is 10.5 Å². The maximum absolute atomic E-state index is 6.67. The molecule has 1 aromatic carbocycles. The van der Waals surface area contributed by atoms with E-state index in [9.17, 15) is 0 Å². The fourth-order valence-electron chi connectivity index (χ4n) is 2.78. The normalized spacial score (nSPS) is 21.6. The molecule has 0 saturated carbocycles. The first-order chi connectivity index (χ1) is 9.60. The molecule has 106 valence electrons. The number of hydrogen-bond acceptors (Lipinski definition) is 4. The molecule has 2 aromatic rings. The van der Waals surface area contributed by atoms with Gasteiger partial charge in [0, 0.05) is 24.4 Å². The van der Waals surface area contributed by atoms with Crippen molar-refractivity contribution >= 4 is 0 Å². The number of para-hydroxylation sites is 1. The number of aromatic nitrogens is 3. The van der Waals surface area contributed by atoms with E-state index in [1.165, 1.54) is 0 Å². The number of hydrogen-bond donors (Lipinski definition) is 1. The van der Waals surface area contributed by atoms with Crippen molar-refractivity contribution in [3.63, 3.8) is 0 Å². The molecule has 2 N–H and O–H groups in total. The van der Waals surface area contributed by atoms with Crippen LogP contribution in [-0.2, 0) is 12.0 Å². The third-order valence-corrected chi connectivity index (χ3v) is 3.84. The van der Waals surface area contributed by atoms with Crippen LogP contribution in [0.4, 0.5) is 0 Å². The molecule has 0 saturated heterocycles. The molecule has 0 radical (unpaired) electrons. The van der Waals surface area contributed by atoms with Crippen LogP contribution >= 0.6 is 0 Å². The van der Waals surface area contributed by atoms with Gasteiger partial charge in [0.05, 0.1) is 12.1 Å². The van der Waals surface area contributed by atoms with Crippen LogP contribution in [0.25, 0.3) is 0 Å². The highest BCUT2D eigenvalue weighted by atomic mass is 16.5. The summed E-state index contributed by atoms with van der Waals surface area (Å²) in [5, 5.41) is 4.29. The van der Waals surface area contributed by atoms with Gasteiger partial charge in [0.2, 0.25) is 0 Å². The Balaban J connectivity index is 1.96. The molecule has 0 aliphatic carbocycles. The summed E-state index contributed by atoms with van der Waals surface area (Å²) in [5.41, 5.74) is 7.29. The maximum Gasteiger partial charge on any atom is 0.138 e. The van der Waals surface area contributed by atoms with Crippen LogP contribution in [0.1, 0.15) is 37.7 Å². The summed E-state index contributed by atoms with van der Waals surface area (Å²) in [6.07, 6.45) is 3.06. The lowest BCUT2D eigenvalue weighted by molar-refractivity contribution is 0.212. The number of nitrogens with two attached hydrogens (primary N) is 1. The minimum absolute atomic E-state index is 0.284. The van der Waals surface area contributed by atoms with E-state index in [0.29, 0.717) is 13.0 Å². The predicted molar refractivity (Wildman–Crippen MR) is 76.5 cm³/mol. The van der Waals surface area contributed by atoms with Gasteiger partial charge in [-0.15, -0.1) is 0 Å². The molecule has 2 heterocycles. The molecule has 1 aromatic heterocycles. The van der Waals surface area contributed by atoms with Gasteiger partial charge in [0.25, 0.3) is 0 Å². The van der Waals surface area contributed by atoms with E-state index in [1.807, 2.05) is 28.9 Å². The van der Waals surface area contributed by atoms with Gasteiger partial charge in [-0.3, -0.25) is 0 Å². The number of nitrogens with zero attached hydrogens (tertiary/aromatic N) is 3. The zero-order chi connectivity index (χ0) is 14.2. The van der Waals surface area contributed by atoms with E-state index in [0.717, 1.165) is 23.6 Å². The summed E-state index contributed by atoms with van der Waals surface area (Å²) < 4.78 is 7.63. The van der Waals surface area contributed by atoms with Gasteiger partial charge in [-0.05, 0) is 19.9 Å². The Kier molecular flexibility index (Phi) is 3.22. The van der Waals surface area contributed by atoms with E-state index >= 15 is 0 Å². The minimum atomic E-state index is -0.436. The Morgan fingerprint density at radius 3 is 3.00 bits per heavy atom. The van der Waals surface area contributed by atoms with Crippen molar-refractivity contribution in [1.29, 1.82) is 0 Å². The summed E-state index contributed by atoms with van der Waals surface area (Å²) >= 11 is 0. The van der Waals surface area contributed by atoms with Crippen molar-refractivity contribution in [1.82, 2.24) is 14.8 Å². The van der Waals surface area contributed by atoms with Crippen molar-refractivity contribution in [2.45, 2.75) is 38.3 Å². The zero-order valence-corrected chi connectivity index (χ0v) is 11.9. The van der Waals surface area contributed by atoms with Crippen LogP contribution in [0, 0.1) is 0 Å². The van der Waals surface area contributed by atoms with Crippen molar-refractivity contribution in [2.75, 3.05) is 6.61 Å². The summed E-state index contributed by atoms with van der Waals surface area (Å²) in [4.78, 5) is 4.38. The van der Waals surface area contributed by atoms with Gasteiger partial charge in [-0.2, -0.15) is 5.10 Å². The third kappa shape index (κ3) is 2.18. The molecular weight excluding hydrogens is 252 g/mol. The lowest BCUT2D eigenvalue weighted by Crippen LogP contribution is -2.44. The summed E-state index contributed by atoms with van der Waals surface area (Å²) in [6.45, 7) is 4.84. The number of rotatable bonds is 3. The van der Waals surface area contributed by atoms with Gasteiger partial charge in [0.15, 0.2) is 0 Å². The van der Waals surface area contributed by atoms with Crippen LogP contribution in [0.15, 0.2) is 30.6 Å². The van der Waals surface area contributed by atoms with Crippen LogP contribution in [0.5, 0.6) is 5.75 Å². The van der Waals surface area contributed by atoms with Crippen molar-refractivity contribution in [3.8, 4) is 5.75 Å². The first-order valence-corrected chi connectivity index (χ1v) is 7.00. The molecule has 0 amide bonds. The smallest absolute Gasteiger partial charge is 0.138 e. The molecule has 5 nitrogen and oxygen atoms in total. The van der Waals surface area contributed by atoms with Gasteiger partial charge < -0.3 is 10.5 Å². The molecule has 1 aliphatic heterocycles. The third-order valence-electron chi connectivity index (χ3n) is 3.84. The quantitative estimate of drug-likeness (QED) is 0.928. The lowest BCUT2D eigenvalue weighted by atomic mass is 9.82. The molecular formula is C15H20N4O. The molecule has 0 spiro atoms. The number of fused-ring (bicyclic) bond motifs is 1. The van der Waals surface area contributed by atoms with Crippen LogP contribution in [0.2, 0.25) is 0 Å². The van der Waals surface area contributed by atoms with Gasteiger partial charge >= 0.3 is 0 Å². The Morgan fingerprint density at radius 1 is 1.40 bits per heavy atom. The average Bonchev–Trinajstić information content (AvgIpc) is 2.87. The predicted octanol–water partition coefficient (Wildman–Crippen LogP) is 2.04. The fourth-order valence-corrected chi connectivity index (χ4v) is 2.78. The lowest BCUT2D eigenvalue weighted by Gasteiger charge is -2.35. The minimum Gasteiger partial charge on any atom is -0.493 e. The van der Waals surface area contributed by atoms with E-state index < -0.39 is 5.54 Å². The largest absolute Gasteiger partial charge is 0.493 e. The van der Waals surface area contributed by atoms with Crippen molar-refractivity contribution in [3.05, 3.63) is 42.0 Å². The van der Waals surface area contributed by atoms with Crippen molar-refractivity contribution < 1.29 is 4.74 Å². The monoisotopic (exact) mass is 272 g/mol. The second kappa shape index (κ2) is 4.90. The second-order valence-electron chi connectivity index (χ2n) is 5.64. The molecule has 0 fully saturated rings. The highest BCUT2D eigenvalue weighted by molar-refractivity contribution is 5.41. The van der Waals surface area contributed by atoms with Crippen LogP contribution < -0.4 is 10.5 Å². The molecule has 0 bridgehead atoms. The molecule has 1 atom stereocenters. The SMILES string of the molecule is CC(C)n1ncnc1CC1(N)CCOc2ccccc21. The first-order valence-electron chi connectivity index (χ1n) is 7.00. The van der Waals surface area contributed by atoms with E-state index in [2.05, 4.69) is 23.9 Å². The van der Waals surface area contributed by atoms with E-state index in [1.54, 1.807) is 6.33 Å². The molecule has 1 unspecified atom stereocenters. The Morgan fingerprint density at radius 2 is 2.20 bits per heavy atom. The Hall–Kier alpha value is -1.88. The zero-order valence-electron chi connectivity index (χ0n) is 11.9. The summed E-state index contributed by atoms with van der Waals surface area (Å²) in [5.74, 6) is 1.82. The Labute approximate surface area is 118 Å². The standard InChI is InChI=1S/C15H20N4O/c1-11(2)19-14(17-10-18-19)9-15(16)7-8-20-13-6-4-3-5-12(13)15/h3-6,10-11H,7-9,16H2,1-2H3. The fraction of sp³-hybridized carbons (Fsp3) is 0.467. The highest BCUT2D eigenvalue weighted by Gasteiger charge is 2.35. The average molecular weight is 272 g/mol. The molecule has 3 rings (SSSR count). The van der Waals surface area contributed by atoms with Crippen LogP contribution in [-0.4, -0.2) is 21.4 Å². The van der Waals surface area contributed by atoms with E-state index in [-0.39, 0.29) is 6.04 Å². The highest BCUT2D eigenvalue weighted by Crippen LogP contribution is 2.37.